The van der Waals surface area contributed by atoms with Gasteiger partial charge in [0.1, 0.15) is 17.5 Å². The largest absolute Gasteiger partial charge is 0.358 e. The molecule has 0 atom stereocenters. The van der Waals surface area contributed by atoms with Gasteiger partial charge in [-0.15, -0.1) is 0 Å². The standard InChI is InChI=1S/C22H25ClN4O2.C22H27ClN4O2.C22H25FN4O2.C22H27FN4O2.C20H23FN4O2/c1-13-19(12-17-16-11-15(23)5-6-18(16)26-21(17)28)25-14(2)20(13)22(29)24-7-10-27-8-3-4-9-27;1-5-27(6-2)10-9-24-22(29)20-13(3)19(25-14(20)4)12-17-16-11-15(23)7-8-18(16)26-21(17)28;1-13-19(12-17-16-11-15(23)5-6-18(16)26-21(17)28)25-14(2)20(13)22(29)24-7-10-27-8-3-4-9-27;1-5-27(6-2)10-9-24-22(29)20-13(3)19(25-14(20)4)12-17-16-11-15(23)7-8-18(16)26-21(17)28;1-4-22-7-8-23-20(27)18-11(2)17(24-12(18)3)10-15-14-9-13(21)5-6-16(14)25-19(15)26/h5-6,11-12,25H,3-4,7-10H2,1-2H3,(H,24,29)(H,26,28);7-8,11-12,25H,5-6,9-10H2,1-4H3,(H,24,29)(H,26,28);5-6,11-12,25H,3-4,7-10H2,1-2H3,(H,24,29)(H,26,28);7-8,11-12,25H,5-6,9-10H2,1-4H3,(H,24,29)(H,26,28);5-6,9-10,22,24H,4,7-8H2,1-3H3,(H,23,27)(H,25,26)/b4*17-12-;15-10-. The van der Waals surface area contributed by atoms with Crippen molar-refractivity contribution in [1.82, 2.24) is 76.4 Å². The van der Waals surface area contributed by atoms with Crippen molar-refractivity contribution in [3.63, 3.8) is 0 Å². The highest BCUT2D eigenvalue weighted by Gasteiger charge is 2.34. The van der Waals surface area contributed by atoms with E-state index in [0.29, 0.717) is 156 Å². The van der Waals surface area contributed by atoms with E-state index in [1.165, 1.54) is 62.1 Å². The summed E-state index contributed by atoms with van der Waals surface area (Å²) in [6.45, 7) is 45.0. The Hall–Kier alpha value is -13.9. The number of halogens is 5. The number of carbonyl (C=O) groups excluding carboxylic acids is 10. The molecule has 10 amide bonds. The number of nitrogens with one attached hydrogen (secondary N) is 16. The first kappa shape index (κ1) is 106. The lowest BCUT2D eigenvalue weighted by Crippen LogP contribution is -2.35. The summed E-state index contributed by atoms with van der Waals surface area (Å²) in [7, 11) is 0. The molecule has 143 heavy (non-hydrogen) atoms. The number of H-pyrrole nitrogens is 5. The summed E-state index contributed by atoms with van der Waals surface area (Å²) < 4.78 is 40.9. The van der Waals surface area contributed by atoms with E-state index in [4.69, 9.17) is 23.2 Å². The Morgan fingerprint density at radius 1 is 0.329 bits per heavy atom. The second-order valence-electron chi connectivity index (χ2n) is 36.1. The molecule has 7 aliphatic heterocycles. The summed E-state index contributed by atoms with van der Waals surface area (Å²) in [5, 5.41) is 33.1. The molecule has 12 heterocycles. The molecule has 0 saturated carbocycles. The molecule has 16 N–H and O–H groups in total. The fourth-order valence-corrected chi connectivity index (χ4v) is 19.2. The number of anilines is 5. The molecule has 30 nitrogen and oxygen atoms in total. The number of aromatic amines is 5. The van der Waals surface area contributed by atoms with E-state index < -0.39 is 17.5 Å². The van der Waals surface area contributed by atoms with Crippen LogP contribution < -0.4 is 58.5 Å². The Labute approximate surface area is 840 Å². The fraction of sp³-hybridized carbons (Fsp3) is 0.352. The lowest BCUT2D eigenvalue weighted by molar-refractivity contribution is -0.111. The molecule has 0 spiro atoms. The van der Waals surface area contributed by atoms with Gasteiger partial charge >= 0.3 is 0 Å². The van der Waals surface area contributed by atoms with E-state index in [1.54, 1.807) is 85.0 Å². The molecular weight excluding hydrogens is 1870 g/mol. The zero-order chi connectivity index (χ0) is 103. The van der Waals surface area contributed by atoms with Crippen molar-refractivity contribution < 1.29 is 61.1 Å². The molecule has 35 heteroatoms. The predicted molar refractivity (Wildman–Crippen MR) is 563 cm³/mol. The minimum absolute atomic E-state index is 0.0839. The zero-order valence-electron chi connectivity index (χ0n) is 83.6. The predicted octanol–water partition coefficient (Wildman–Crippen LogP) is 16.5. The van der Waals surface area contributed by atoms with Gasteiger partial charge in [0, 0.05) is 189 Å². The fourth-order valence-electron chi connectivity index (χ4n) is 18.8. The molecule has 0 unspecified atom stereocenters. The molecule has 5 aromatic heterocycles. The number of likely N-dealkylation sites (N-methyl/N-ethyl adjacent to an activating group) is 3. The number of amides is 10. The summed E-state index contributed by atoms with van der Waals surface area (Å²) in [5.41, 5.74) is 22.7. The van der Waals surface area contributed by atoms with E-state index in [0.717, 1.165) is 175 Å². The molecule has 2 fully saturated rings. The van der Waals surface area contributed by atoms with Gasteiger partial charge in [0.05, 0.1) is 55.7 Å². The van der Waals surface area contributed by atoms with Gasteiger partial charge in [-0.1, -0.05) is 57.8 Å². The summed E-state index contributed by atoms with van der Waals surface area (Å²) in [4.78, 5) is 151. The minimum atomic E-state index is -0.406. The lowest BCUT2D eigenvalue weighted by Gasteiger charge is -2.18. The van der Waals surface area contributed by atoms with Crippen molar-refractivity contribution in [3.8, 4) is 0 Å². The SMILES string of the molecule is CCN(CC)CCNC(=O)c1c(C)[nH]c(/C=C2\C(=O)Nc3ccc(Cl)cc32)c1C.CCN(CC)CCNC(=O)c1c(C)[nH]c(/C=C2\C(=O)Nc3ccc(F)cc32)c1C.CCNCCNC(=O)c1c(C)[nH]c(/C=C2\C(=O)Nc3ccc(F)cc32)c1C.Cc1[nH]c(/C=C2\C(=O)Nc3ccc(Cl)cc32)c(C)c1C(=O)NCCN1CCCC1.Cc1[nH]c(/C=C2\C(=O)Nc3ccc(F)cc32)c(C)c1C(=O)NCCN1CCCC1. The van der Waals surface area contributed by atoms with Crippen LogP contribution in [0, 0.1) is 86.7 Å². The molecular formula is C108H127Cl2F3N20O10. The van der Waals surface area contributed by atoms with Crippen molar-refractivity contribution >= 4 is 169 Å². The monoisotopic (exact) mass is 1990 g/mol. The van der Waals surface area contributed by atoms with Gasteiger partial charge in [-0.2, -0.15) is 0 Å². The Morgan fingerprint density at radius 3 is 0.804 bits per heavy atom. The van der Waals surface area contributed by atoms with Crippen molar-refractivity contribution in [2.75, 3.05) is 151 Å². The van der Waals surface area contributed by atoms with Crippen LogP contribution in [-0.4, -0.2) is 228 Å². The third-order valence-corrected chi connectivity index (χ3v) is 27.1. The third-order valence-electron chi connectivity index (χ3n) is 26.7. The first-order valence-corrected chi connectivity index (χ1v) is 49.4. The van der Waals surface area contributed by atoms with Crippen molar-refractivity contribution in [3.05, 3.63) is 259 Å². The van der Waals surface area contributed by atoms with Gasteiger partial charge in [-0.3, -0.25) is 47.9 Å². The summed E-state index contributed by atoms with van der Waals surface area (Å²) in [5.74, 6) is -3.05. The van der Waals surface area contributed by atoms with Crippen LogP contribution in [0.4, 0.5) is 41.6 Å². The summed E-state index contributed by atoms with van der Waals surface area (Å²) >= 11 is 12.2. The molecule has 2 saturated heterocycles. The number of aryl methyl sites for hydroxylation is 5. The van der Waals surface area contributed by atoms with E-state index in [1.807, 2.05) is 76.2 Å². The Morgan fingerprint density at radius 2 is 0.559 bits per heavy atom. The Balaban J connectivity index is 0.000000150. The number of benzene rings is 5. The van der Waals surface area contributed by atoms with Crippen molar-refractivity contribution in [1.29, 1.82) is 0 Å². The van der Waals surface area contributed by atoms with Gasteiger partial charge in [0.2, 0.25) is 0 Å². The van der Waals surface area contributed by atoms with E-state index in [-0.39, 0.29) is 59.1 Å². The number of aromatic nitrogens is 5. The van der Waals surface area contributed by atoms with Crippen LogP contribution in [0.1, 0.15) is 225 Å². The van der Waals surface area contributed by atoms with Gasteiger partial charge in [-0.05, 0) is 303 Å². The molecule has 10 aromatic rings. The van der Waals surface area contributed by atoms with Crippen LogP contribution in [0.2, 0.25) is 10.0 Å². The number of likely N-dealkylation sites (tertiary alicyclic amines) is 2. The van der Waals surface area contributed by atoms with Crippen LogP contribution in [0.5, 0.6) is 0 Å². The maximum Gasteiger partial charge on any atom is 0.256 e. The number of hydrogen-bond donors (Lipinski definition) is 16. The first-order chi connectivity index (χ1) is 68.5. The lowest BCUT2D eigenvalue weighted by atomic mass is 10.0. The van der Waals surface area contributed by atoms with Crippen LogP contribution in [0.3, 0.4) is 0 Å². The van der Waals surface area contributed by atoms with Gasteiger partial charge in [0.25, 0.3) is 59.1 Å². The highest BCUT2D eigenvalue weighted by molar-refractivity contribution is 6.39. The molecule has 754 valence electrons. The normalized spacial score (nSPS) is 15.7. The van der Waals surface area contributed by atoms with Crippen molar-refractivity contribution in [2.24, 2.45) is 0 Å². The van der Waals surface area contributed by atoms with Crippen molar-refractivity contribution in [2.45, 2.75) is 130 Å². The number of nitrogens with zero attached hydrogens (tertiary/aromatic N) is 4. The van der Waals surface area contributed by atoms with E-state index in [2.05, 4.69) is 131 Å². The first-order valence-electron chi connectivity index (χ1n) is 48.6. The number of rotatable bonds is 30. The summed E-state index contributed by atoms with van der Waals surface area (Å²) in [6.07, 6.45) is 13.5. The second kappa shape index (κ2) is 48.2. The zero-order valence-corrected chi connectivity index (χ0v) is 85.1. The van der Waals surface area contributed by atoms with Gasteiger partial charge in [-0.25, -0.2) is 13.2 Å². The minimum Gasteiger partial charge on any atom is -0.358 e. The third kappa shape index (κ3) is 25.4. The highest BCUT2D eigenvalue weighted by Crippen LogP contribution is 2.42. The average Bonchev–Trinajstić information content (AvgIpc) is 1.65. The number of carbonyl (C=O) groups is 10. The highest BCUT2D eigenvalue weighted by atomic mass is 35.5. The molecule has 5 aromatic carbocycles. The van der Waals surface area contributed by atoms with Crippen LogP contribution >= 0.6 is 23.2 Å². The molecule has 17 rings (SSSR count). The summed E-state index contributed by atoms with van der Waals surface area (Å²) in [6, 6.07) is 23.2. The van der Waals surface area contributed by atoms with Gasteiger partial charge in [0.15, 0.2) is 0 Å². The van der Waals surface area contributed by atoms with Gasteiger partial charge < -0.3 is 103 Å². The molecule has 7 aliphatic rings. The maximum atomic E-state index is 13.7. The average molecular weight is 1990 g/mol. The molecule has 0 bridgehead atoms. The molecule has 0 aliphatic carbocycles. The number of hydrogen-bond acceptors (Lipinski definition) is 15. The van der Waals surface area contributed by atoms with E-state index >= 15 is 0 Å². The van der Waals surface area contributed by atoms with Crippen LogP contribution in [0.25, 0.3) is 58.2 Å². The maximum absolute atomic E-state index is 13.7. The van der Waals surface area contributed by atoms with E-state index in [9.17, 15) is 61.1 Å². The quantitative estimate of drug-likeness (QED) is 0.0147. The molecule has 0 radical (unpaired) electrons. The second-order valence-corrected chi connectivity index (χ2v) is 37.0. The van der Waals surface area contributed by atoms with Crippen LogP contribution in [-0.2, 0) is 24.0 Å². The Bertz CT molecular complexity index is 6110. The number of fused-ring (bicyclic) bond motifs is 5. The topological polar surface area (TPSA) is 395 Å². The Kier molecular flexibility index (Phi) is 35.9. The smallest absolute Gasteiger partial charge is 0.256 e. The van der Waals surface area contributed by atoms with Crippen LogP contribution in [0.15, 0.2) is 91.0 Å².